The molecule has 1 fully saturated rings. The molecule has 1 aromatic carbocycles. The van der Waals surface area contributed by atoms with E-state index in [0.29, 0.717) is 5.52 Å². The average Bonchev–Trinajstić information content (AvgIpc) is 3.00. The van der Waals surface area contributed by atoms with Crippen molar-refractivity contribution in [2.24, 2.45) is 0 Å². The van der Waals surface area contributed by atoms with E-state index in [4.69, 9.17) is 14.5 Å². The fraction of sp³-hybridized carbons (Fsp3) is 0.417. The zero-order valence-electron chi connectivity index (χ0n) is 11.3. The van der Waals surface area contributed by atoms with E-state index in [0.717, 1.165) is 5.39 Å². The number of hydrogen-bond donors (Lipinski definition) is 4. The summed E-state index contributed by atoms with van der Waals surface area (Å²) in [6.45, 7) is -0.543. The fourth-order valence-electron chi connectivity index (χ4n) is 2.43. The van der Waals surface area contributed by atoms with Crippen molar-refractivity contribution in [3.63, 3.8) is 0 Å². The van der Waals surface area contributed by atoms with E-state index >= 15 is 0 Å². The van der Waals surface area contributed by atoms with E-state index in [2.05, 4.69) is 9.62 Å². The number of aliphatic hydroxyl groups excluding tert-OH is 2. The lowest BCUT2D eigenvalue weighted by Gasteiger charge is -2.16. The molecule has 0 saturated carbocycles. The molecule has 1 aliphatic rings. The first-order chi connectivity index (χ1) is 10.4. The van der Waals surface area contributed by atoms with Crippen LogP contribution in [0.3, 0.4) is 0 Å². The molecule has 1 aliphatic heterocycles. The standard InChI is InChI=1S/C12H15N2O7P/c15-10-9(6-20-22(17,18)19)21-12(11(10)16)14-8-4-2-1-3-7(8)5-13-14/h1-5,9-12,15-16H,6H2,(H2,17,18,19)/t9-,10-,11-,12-/m1/s1. The monoisotopic (exact) mass is 330 g/mol. The molecular formula is C12H15N2O7P. The van der Waals surface area contributed by atoms with Crippen LogP contribution in [-0.2, 0) is 13.8 Å². The Hall–Kier alpha value is -1.32. The van der Waals surface area contributed by atoms with Gasteiger partial charge in [-0.05, 0) is 6.07 Å². The van der Waals surface area contributed by atoms with Crippen molar-refractivity contribution in [3.8, 4) is 0 Å². The van der Waals surface area contributed by atoms with Crippen LogP contribution in [0.1, 0.15) is 6.23 Å². The van der Waals surface area contributed by atoms with E-state index in [-0.39, 0.29) is 0 Å². The summed E-state index contributed by atoms with van der Waals surface area (Å²) in [4.78, 5) is 17.4. The molecule has 2 aromatic rings. The van der Waals surface area contributed by atoms with Gasteiger partial charge in [0.05, 0.1) is 18.3 Å². The fourth-order valence-corrected chi connectivity index (χ4v) is 2.78. The van der Waals surface area contributed by atoms with Crippen LogP contribution in [0.2, 0.25) is 0 Å². The van der Waals surface area contributed by atoms with Crippen LogP contribution in [0, 0.1) is 0 Å². The number of phosphoric ester groups is 1. The van der Waals surface area contributed by atoms with E-state index < -0.39 is 39.0 Å². The van der Waals surface area contributed by atoms with Gasteiger partial charge in [0.1, 0.15) is 18.3 Å². The molecule has 0 bridgehead atoms. The van der Waals surface area contributed by atoms with Crippen LogP contribution in [0.15, 0.2) is 30.5 Å². The van der Waals surface area contributed by atoms with E-state index in [9.17, 15) is 14.8 Å². The second-order valence-electron chi connectivity index (χ2n) is 4.98. The summed E-state index contributed by atoms with van der Waals surface area (Å²) in [7, 11) is -4.68. The molecule has 22 heavy (non-hydrogen) atoms. The highest BCUT2D eigenvalue weighted by molar-refractivity contribution is 7.46. The van der Waals surface area contributed by atoms with Crippen molar-refractivity contribution < 1.29 is 33.8 Å². The Morgan fingerprint density at radius 1 is 1.27 bits per heavy atom. The van der Waals surface area contributed by atoms with Gasteiger partial charge < -0.3 is 24.7 Å². The summed E-state index contributed by atoms with van der Waals surface area (Å²) in [6.07, 6.45) is -3.10. The van der Waals surface area contributed by atoms with Gasteiger partial charge in [0.2, 0.25) is 0 Å². The minimum atomic E-state index is -4.68. The van der Waals surface area contributed by atoms with Gasteiger partial charge in [-0.25, -0.2) is 9.25 Å². The van der Waals surface area contributed by atoms with Gasteiger partial charge in [-0.1, -0.05) is 18.2 Å². The van der Waals surface area contributed by atoms with Crippen molar-refractivity contribution in [1.82, 2.24) is 9.78 Å². The number of nitrogens with zero attached hydrogens (tertiary/aromatic N) is 2. The Morgan fingerprint density at radius 3 is 2.73 bits per heavy atom. The molecule has 120 valence electrons. The minimum Gasteiger partial charge on any atom is -0.387 e. The largest absolute Gasteiger partial charge is 0.469 e. The molecule has 0 amide bonds. The van der Waals surface area contributed by atoms with E-state index in [1.807, 2.05) is 12.1 Å². The van der Waals surface area contributed by atoms with Crippen molar-refractivity contribution in [2.45, 2.75) is 24.5 Å². The predicted octanol–water partition coefficient (Wildman–Crippen LogP) is -0.235. The van der Waals surface area contributed by atoms with Crippen LogP contribution in [0.4, 0.5) is 0 Å². The molecule has 0 aliphatic carbocycles. The van der Waals surface area contributed by atoms with Crippen molar-refractivity contribution in [1.29, 1.82) is 0 Å². The predicted molar refractivity (Wildman–Crippen MR) is 73.7 cm³/mol. The number of aromatic nitrogens is 2. The molecule has 4 N–H and O–H groups in total. The second kappa shape index (κ2) is 5.71. The summed E-state index contributed by atoms with van der Waals surface area (Å²) in [6, 6.07) is 7.26. The van der Waals surface area contributed by atoms with Crippen LogP contribution in [0.5, 0.6) is 0 Å². The number of fused-ring (bicyclic) bond motifs is 1. The first-order valence-electron chi connectivity index (χ1n) is 6.51. The Kier molecular flexibility index (Phi) is 4.04. The zero-order chi connectivity index (χ0) is 15.9. The number of rotatable bonds is 4. The highest BCUT2D eigenvalue weighted by Crippen LogP contribution is 2.38. The molecule has 10 heteroatoms. The SMILES string of the molecule is O=P(O)(O)OC[C@H]1O[C@@H](n2ncc3ccccc32)[C@H](O)[C@@H]1O. The molecule has 0 radical (unpaired) electrons. The lowest BCUT2D eigenvalue weighted by atomic mass is 10.1. The van der Waals surface area contributed by atoms with Crippen molar-refractivity contribution >= 4 is 18.7 Å². The van der Waals surface area contributed by atoms with Gasteiger partial charge >= 0.3 is 7.82 Å². The third-order valence-electron chi connectivity index (χ3n) is 3.49. The Bertz CT molecular complexity index is 714. The lowest BCUT2D eigenvalue weighted by Crippen LogP contribution is -2.33. The third kappa shape index (κ3) is 2.92. The van der Waals surface area contributed by atoms with Crippen LogP contribution in [-0.4, -0.2) is 54.7 Å². The van der Waals surface area contributed by atoms with Gasteiger partial charge in [0.25, 0.3) is 0 Å². The highest BCUT2D eigenvalue weighted by Gasteiger charge is 2.45. The number of ether oxygens (including phenoxy) is 1. The number of aliphatic hydroxyl groups is 2. The van der Waals surface area contributed by atoms with Gasteiger partial charge in [0.15, 0.2) is 6.23 Å². The number of phosphoric acid groups is 1. The Balaban J connectivity index is 1.82. The maximum Gasteiger partial charge on any atom is 0.469 e. The summed E-state index contributed by atoms with van der Waals surface area (Å²) in [5.41, 5.74) is 0.704. The molecule has 2 heterocycles. The van der Waals surface area contributed by atoms with Gasteiger partial charge in [-0.15, -0.1) is 0 Å². The van der Waals surface area contributed by atoms with Crippen molar-refractivity contribution in [3.05, 3.63) is 30.5 Å². The summed E-state index contributed by atoms with van der Waals surface area (Å²) < 4.78 is 21.9. The quantitative estimate of drug-likeness (QED) is 0.565. The second-order valence-corrected chi connectivity index (χ2v) is 6.22. The Morgan fingerprint density at radius 2 is 2.00 bits per heavy atom. The summed E-state index contributed by atoms with van der Waals surface area (Å²) >= 11 is 0. The van der Waals surface area contributed by atoms with Crippen LogP contribution < -0.4 is 0 Å². The van der Waals surface area contributed by atoms with Crippen molar-refractivity contribution in [2.75, 3.05) is 6.61 Å². The zero-order valence-corrected chi connectivity index (χ0v) is 12.2. The van der Waals surface area contributed by atoms with E-state index in [1.165, 1.54) is 4.68 Å². The van der Waals surface area contributed by atoms with Gasteiger partial charge in [-0.2, -0.15) is 5.10 Å². The van der Waals surface area contributed by atoms with Gasteiger partial charge in [-0.3, -0.25) is 4.52 Å². The van der Waals surface area contributed by atoms with Crippen LogP contribution >= 0.6 is 7.82 Å². The molecule has 1 saturated heterocycles. The third-order valence-corrected chi connectivity index (χ3v) is 3.98. The molecule has 0 unspecified atom stereocenters. The first kappa shape index (κ1) is 15.6. The topological polar surface area (TPSA) is 134 Å². The minimum absolute atomic E-state index is 0.543. The van der Waals surface area contributed by atoms with Crippen LogP contribution in [0.25, 0.3) is 10.9 Å². The number of benzene rings is 1. The smallest absolute Gasteiger partial charge is 0.387 e. The molecule has 0 spiro atoms. The molecule has 3 rings (SSSR count). The van der Waals surface area contributed by atoms with E-state index in [1.54, 1.807) is 18.3 Å². The lowest BCUT2D eigenvalue weighted by molar-refractivity contribution is -0.0556. The molecule has 9 nitrogen and oxygen atoms in total. The normalized spacial score (nSPS) is 29.3. The first-order valence-corrected chi connectivity index (χ1v) is 8.04. The number of hydrogen-bond acceptors (Lipinski definition) is 6. The number of para-hydroxylation sites is 1. The van der Waals surface area contributed by atoms with Gasteiger partial charge in [0, 0.05) is 5.39 Å². The molecule has 4 atom stereocenters. The maximum atomic E-state index is 10.7. The maximum absolute atomic E-state index is 10.7. The Labute approximate surface area is 124 Å². The molecule has 1 aromatic heterocycles. The average molecular weight is 330 g/mol. The molecular weight excluding hydrogens is 315 g/mol. The summed E-state index contributed by atoms with van der Waals surface area (Å²) in [5, 5.41) is 25.0. The highest BCUT2D eigenvalue weighted by atomic mass is 31.2. The summed E-state index contributed by atoms with van der Waals surface area (Å²) in [5.74, 6) is 0.